The number of urea groups is 1. The second-order valence-corrected chi connectivity index (χ2v) is 8.03. The van der Waals surface area contributed by atoms with Gasteiger partial charge in [0.15, 0.2) is 11.5 Å². The van der Waals surface area contributed by atoms with E-state index in [0.29, 0.717) is 31.0 Å². The number of benzene rings is 2. The zero-order chi connectivity index (χ0) is 20.4. The number of thioether (sulfide) groups is 1. The fraction of sp³-hybridized carbons (Fsp3) is 0.350. The molecule has 2 aromatic carbocycles. The van der Waals surface area contributed by atoms with Gasteiger partial charge in [0.05, 0.1) is 11.3 Å². The number of anilines is 1. The Hall–Kier alpha value is -2.55. The molecule has 0 radical (unpaired) electrons. The van der Waals surface area contributed by atoms with Gasteiger partial charge in [-0.15, -0.1) is 0 Å². The number of hydrogen-bond donors (Lipinski definition) is 1. The molecule has 4 rings (SSSR count). The molecule has 2 aliphatic heterocycles. The second kappa shape index (κ2) is 8.06. The summed E-state index contributed by atoms with van der Waals surface area (Å²) in [4.78, 5) is 14.2. The highest BCUT2D eigenvalue weighted by atomic mass is 32.2. The predicted molar refractivity (Wildman–Crippen MR) is 104 cm³/mol. The number of carbonyl (C=O) groups excluding carboxylic acids is 1. The fourth-order valence-corrected chi connectivity index (χ4v) is 4.61. The molecular weight excluding hydrogens is 405 g/mol. The van der Waals surface area contributed by atoms with Gasteiger partial charge < -0.3 is 19.7 Å². The summed E-state index contributed by atoms with van der Waals surface area (Å²) >= 11 is 1.72. The zero-order valence-corrected chi connectivity index (χ0v) is 16.2. The van der Waals surface area contributed by atoms with Gasteiger partial charge in [-0.1, -0.05) is 18.2 Å². The molecule has 0 spiro atoms. The quantitative estimate of drug-likeness (QED) is 0.725. The average molecular weight is 424 g/mol. The molecule has 0 saturated carbocycles. The Morgan fingerprint density at radius 1 is 1.10 bits per heavy atom. The van der Waals surface area contributed by atoms with Crippen LogP contribution in [0.4, 0.5) is 23.7 Å². The molecule has 154 valence electrons. The lowest BCUT2D eigenvalue weighted by Crippen LogP contribution is -2.37. The first kappa shape index (κ1) is 19.8. The van der Waals surface area contributed by atoms with Crippen molar-refractivity contribution in [2.75, 3.05) is 31.0 Å². The summed E-state index contributed by atoms with van der Waals surface area (Å²) in [6, 6.07) is 10.3. The zero-order valence-electron chi connectivity index (χ0n) is 15.4. The van der Waals surface area contributed by atoms with Crippen molar-refractivity contribution in [1.29, 1.82) is 0 Å². The molecule has 5 nitrogen and oxygen atoms in total. The Morgan fingerprint density at radius 2 is 1.90 bits per heavy atom. The maximum Gasteiger partial charge on any atom is 0.418 e. The number of hydrogen-bond acceptors (Lipinski definition) is 4. The standard InChI is InChI=1S/C20H19F3N2O3S/c21-20(22,23)14-3-1-2-4-15(14)24-19(26)25-8-7-18(29-10-9-25)13-5-6-16-17(11-13)28-12-27-16/h1-6,11,18H,7-10,12H2,(H,24,26)/t18-/m1/s1. The van der Waals surface area contributed by atoms with E-state index in [1.165, 1.54) is 18.2 Å². The van der Waals surface area contributed by atoms with E-state index in [0.717, 1.165) is 17.4 Å². The average Bonchev–Trinajstić information content (AvgIpc) is 3.02. The number of ether oxygens (including phenoxy) is 2. The molecule has 1 N–H and O–H groups in total. The fourth-order valence-electron chi connectivity index (χ4n) is 3.39. The van der Waals surface area contributed by atoms with Gasteiger partial charge >= 0.3 is 12.2 Å². The molecule has 9 heteroatoms. The third-order valence-corrected chi connectivity index (χ3v) is 6.20. The van der Waals surface area contributed by atoms with Gasteiger partial charge in [0.25, 0.3) is 0 Å². The minimum absolute atomic E-state index is 0.171. The van der Waals surface area contributed by atoms with E-state index in [1.807, 2.05) is 18.2 Å². The van der Waals surface area contributed by atoms with Crippen molar-refractivity contribution in [3.8, 4) is 11.5 Å². The number of amides is 2. The number of rotatable bonds is 2. The molecule has 1 fully saturated rings. The van der Waals surface area contributed by atoms with Crippen molar-refractivity contribution in [2.45, 2.75) is 17.8 Å². The molecule has 0 bridgehead atoms. The van der Waals surface area contributed by atoms with E-state index < -0.39 is 17.8 Å². The predicted octanol–water partition coefficient (Wildman–Crippen LogP) is 5.15. The SMILES string of the molecule is O=C(Nc1ccccc1C(F)(F)F)N1CCS[C@@H](c2ccc3c(c2)OCO3)CC1. The number of para-hydroxylation sites is 1. The lowest BCUT2D eigenvalue weighted by molar-refractivity contribution is -0.136. The third kappa shape index (κ3) is 4.39. The maximum atomic E-state index is 13.2. The van der Waals surface area contributed by atoms with Gasteiger partial charge in [0, 0.05) is 24.1 Å². The van der Waals surface area contributed by atoms with Crippen LogP contribution in [0.5, 0.6) is 11.5 Å². The molecule has 2 aliphatic rings. The molecule has 0 unspecified atom stereocenters. The van der Waals surface area contributed by atoms with Crippen molar-refractivity contribution in [3.05, 3.63) is 53.6 Å². The Labute approximate surface area is 170 Å². The van der Waals surface area contributed by atoms with Gasteiger partial charge in [-0.05, 0) is 36.2 Å². The van der Waals surface area contributed by atoms with E-state index in [1.54, 1.807) is 16.7 Å². The Morgan fingerprint density at radius 3 is 2.72 bits per heavy atom. The van der Waals surface area contributed by atoms with Crippen LogP contribution in [0.2, 0.25) is 0 Å². The molecular formula is C20H19F3N2O3S. The summed E-state index contributed by atoms with van der Waals surface area (Å²) in [7, 11) is 0. The lowest BCUT2D eigenvalue weighted by atomic mass is 10.1. The first-order valence-electron chi connectivity index (χ1n) is 9.15. The maximum absolute atomic E-state index is 13.2. The number of nitrogens with zero attached hydrogens (tertiary/aromatic N) is 1. The van der Waals surface area contributed by atoms with Gasteiger partial charge in [0.1, 0.15) is 0 Å². The van der Waals surface area contributed by atoms with Crippen LogP contribution in [0.15, 0.2) is 42.5 Å². The van der Waals surface area contributed by atoms with Crippen molar-refractivity contribution >= 4 is 23.5 Å². The number of alkyl halides is 3. The number of carbonyl (C=O) groups is 1. The van der Waals surface area contributed by atoms with E-state index in [4.69, 9.17) is 9.47 Å². The summed E-state index contributed by atoms with van der Waals surface area (Å²) in [6.07, 6.45) is -3.83. The Kier molecular flexibility index (Phi) is 5.49. The summed E-state index contributed by atoms with van der Waals surface area (Å²) in [5.74, 6) is 2.12. The molecule has 29 heavy (non-hydrogen) atoms. The Balaban J connectivity index is 1.42. The molecule has 2 amide bonds. The highest BCUT2D eigenvalue weighted by Gasteiger charge is 2.34. The van der Waals surface area contributed by atoms with Crippen LogP contribution in [0.1, 0.15) is 22.8 Å². The van der Waals surface area contributed by atoms with Crippen LogP contribution in [-0.2, 0) is 6.18 Å². The molecule has 1 atom stereocenters. The van der Waals surface area contributed by atoms with E-state index in [9.17, 15) is 18.0 Å². The highest BCUT2D eigenvalue weighted by Crippen LogP contribution is 2.40. The van der Waals surface area contributed by atoms with Gasteiger partial charge in [0.2, 0.25) is 6.79 Å². The van der Waals surface area contributed by atoms with Crippen LogP contribution in [0, 0.1) is 0 Å². The van der Waals surface area contributed by atoms with Crippen molar-refractivity contribution < 1.29 is 27.4 Å². The summed E-state index contributed by atoms with van der Waals surface area (Å²) < 4.78 is 50.2. The van der Waals surface area contributed by atoms with Crippen LogP contribution >= 0.6 is 11.8 Å². The first-order valence-corrected chi connectivity index (χ1v) is 10.2. The second-order valence-electron chi connectivity index (χ2n) is 6.72. The molecule has 0 aromatic heterocycles. The smallest absolute Gasteiger partial charge is 0.418 e. The molecule has 1 saturated heterocycles. The highest BCUT2D eigenvalue weighted by molar-refractivity contribution is 7.99. The summed E-state index contributed by atoms with van der Waals surface area (Å²) in [5.41, 5.74) is 0.00827. The number of halogens is 3. The van der Waals surface area contributed by atoms with Crippen LogP contribution in [0.3, 0.4) is 0 Å². The normalized spacial score (nSPS) is 19.0. The van der Waals surface area contributed by atoms with Crippen LogP contribution < -0.4 is 14.8 Å². The van der Waals surface area contributed by atoms with Crippen LogP contribution in [-0.4, -0.2) is 36.6 Å². The lowest BCUT2D eigenvalue weighted by Gasteiger charge is -2.22. The molecule has 2 heterocycles. The van der Waals surface area contributed by atoms with Gasteiger partial charge in [-0.25, -0.2) is 4.79 Å². The summed E-state index contributed by atoms with van der Waals surface area (Å²) in [5, 5.41) is 2.60. The first-order chi connectivity index (χ1) is 13.9. The van der Waals surface area contributed by atoms with Crippen molar-refractivity contribution in [1.82, 2.24) is 4.90 Å². The minimum Gasteiger partial charge on any atom is -0.454 e. The topological polar surface area (TPSA) is 50.8 Å². The van der Waals surface area contributed by atoms with Crippen molar-refractivity contribution in [3.63, 3.8) is 0 Å². The minimum atomic E-state index is -4.52. The van der Waals surface area contributed by atoms with E-state index in [-0.39, 0.29) is 17.7 Å². The van der Waals surface area contributed by atoms with Gasteiger partial charge in [-0.2, -0.15) is 24.9 Å². The third-order valence-electron chi connectivity index (χ3n) is 4.87. The number of nitrogens with one attached hydrogen (secondary N) is 1. The van der Waals surface area contributed by atoms with Crippen LogP contribution in [0.25, 0.3) is 0 Å². The summed E-state index contributed by atoms with van der Waals surface area (Å²) in [6.45, 7) is 1.13. The number of fused-ring (bicyclic) bond motifs is 1. The van der Waals surface area contributed by atoms with Gasteiger partial charge in [-0.3, -0.25) is 0 Å². The monoisotopic (exact) mass is 424 g/mol. The Bertz CT molecular complexity index is 907. The van der Waals surface area contributed by atoms with E-state index >= 15 is 0 Å². The largest absolute Gasteiger partial charge is 0.454 e. The molecule has 0 aliphatic carbocycles. The van der Waals surface area contributed by atoms with Crippen molar-refractivity contribution in [2.24, 2.45) is 0 Å². The van der Waals surface area contributed by atoms with E-state index in [2.05, 4.69) is 5.32 Å². The molecule has 2 aromatic rings.